The molecule has 3 aliphatic carbocycles. The Morgan fingerprint density at radius 1 is 0.900 bits per heavy atom. The maximum Gasteiger partial charge on any atom is 0.0602 e. The second kappa shape index (κ2) is 1.58. The first-order valence-corrected chi connectivity index (χ1v) is 4.54. The molecule has 0 aliphatic heterocycles. The summed E-state index contributed by atoms with van der Waals surface area (Å²) in [7, 11) is 0. The average molecular weight is 138 g/mol. The highest BCUT2D eigenvalue weighted by molar-refractivity contribution is 5.05. The Morgan fingerprint density at radius 3 is 1.90 bits per heavy atom. The van der Waals surface area contributed by atoms with Gasteiger partial charge in [-0.2, -0.15) is 0 Å². The van der Waals surface area contributed by atoms with Gasteiger partial charge in [-0.3, -0.25) is 0 Å². The summed E-state index contributed by atoms with van der Waals surface area (Å²) in [6.45, 7) is 0. The van der Waals surface area contributed by atoms with Crippen LogP contribution in [0.2, 0.25) is 0 Å². The molecule has 0 saturated heterocycles. The summed E-state index contributed by atoms with van der Waals surface area (Å²) in [5, 5.41) is 9.71. The molecule has 2 bridgehead atoms. The molecule has 3 rings (SSSR count). The molecule has 3 saturated carbocycles. The van der Waals surface area contributed by atoms with Gasteiger partial charge in [0.2, 0.25) is 0 Å². The fraction of sp³-hybridized carbons (Fsp3) is 1.00. The Morgan fingerprint density at radius 2 is 1.50 bits per heavy atom. The van der Waals surface area contributed by atoms with Crippen LogP contribution in [-0.2, 0) is 0 Å². The second-order valence-corrected chi connectivity index (χ2v) is 4.40. The number of rotatable bonds is 0. The normalized spacial score (nSPS) is 63.9. The lowest BCUT2D eigenvalue weighted by molar-refractivity contribution is 0.119. The molecule has 0 aromatic rings. The highest BCUT2D eigenvalue weighted by Crippen LogP contribution is 2.59. The van der Waals surface area contributed by atoms with E-state index < -0.39 is 0 Å². The van der Waals surface area contributed by atoms with Crippen LogP contribution in [0.4, 0.5) is 0 Å². The maximum atomic E-state index is 9.71. The lowest BCUT2D eigenvalue weighted by atomic mass is 9.89. The Hall–Kier alpha value is -0.0400. The lowest BCUT2D eigenvalue weighted by Gasteiger charge is -2.16. The second-order valence-electron chi connectivity index (χ2n) is 4.40. The molecule has 1 nitrogen and oxygen atoms in total. The van der Waals surface area contributed by atoms with Crippen LogP contribution < -0.4 is 0 Å². The van der Waals surface area contributed by atoms with Gasteiger partial charge in [0.25, 0.3) is 0 Å². The zero-order chi connectivity index (χ0) is 6.72. The van der Waals surface area contributed by atoms with Gasteiger partial charge >= 0.3 is 0 Å². The molecule has 1 N–H and O–H groups in total. The van der Waals surface area contributed by atoms with Crippen molar-refractivity contribution in [2.45, 2.75) is 31.8 Å². The van der Waals surface area contributed by atoms with Crippen molar-refractivity contribution in [2.75, 3.05) is 0 Å². The van der Waals surface area contributed by atoms with E-state index in [1.54, 1.807) is 0 Å². The third-order valence-corrected chi connectivity index (χ3v) is 4.09. The van der Waals surface area contributed by atoms with Crippen molar-refractivity contribution in [2.24, 2.45) is 23.7 Å². The van der Waals surface area contributed by atoms with E-state index in [0.717, 1.165) is 17.8 Å². The fourth-order valence-corrected chi connectivity index (χ4v) is 3.77. The van der Waals surface area contributed by atoms with Gasteiger partial charge in [-0.25, -0.2) is 0 Å². The number of aliphatic hydroxyl groups excluding tert-OH is 1. The molecule has 3 fully saturated rings. The Labute approximate surface area is 61.4 Å². The monoisotopic (exact) mass is 138 g/mol. The lowest BCUT2D eigenvalue weighted by Crippen LogP contribution is -2.15. The van der Waals surface area contributed by atoms with E-state index in [9.17, 15) is 5.11 Å². The first-order valence-electron chi connectivity index (χ1n) is 4.54. The number of hydrogen-bond donors (Lipinski definition) is 1. The van der Waals surface area contributed by atoms with Crippen LogP contribution in [0.25, 0.3) is 0 Å². The van der Waals surface area contributed by atoms with E-state index >= 15 is 0 Å². The van der Waals surface area contributed by atoms with Crippen molar-refractivity contribution < 1.29 is 5.11 Å². The van der Waals surface area contributed by atoms with Crippen molar-refractivity contribution in [3.63, 3.8) is 0 Å². The van der Waals surface area contributed by atoms with Crippen molar-refractivity contribution in [1.82, 2.24) is 0 Å². The molecule has 0 heterocycles. The molecule has 1 heteroatoms. The summed E-state index contributed by atoms with van der Waals surface area (Å²) in [5.74, 6) is 3.31. The molecule has 10 heavy (non-hydrogen) atoms. The molecule has 0 spiro atoms. The topological polar surface area (TPSA) is 20.2 Å². The van der Waals surface area contributed by atoms with Gasteiger partial charge in [-0.15, -0.1) is 0 Å². The number of aliphatic hydroxyl groups is 1. The Bertz CT molecular complexity index is 149. The predicted molar refractivity (Wildman–Crippen MR) is 38.4 cm³/mol. The summed E-state index contributed by atoms with van der Waals surface area (Å²) in [6, 6.07) is 0. The van der Waals surface area contributed by atoms with Gasteiger partial charge in [0.1, 0.15) is 0 Å². The van der Waals surface area contributed by atoms with Crippen molar-refractivity contribution >= 4 is 0 Å². The van der Waals surface area contributed by atoms with Gasteiger partial charge in [0.05, 0.1) is 6.10 Å². The minimum Gasteiger partial charge on any atom is -0.393 e. The molecule has 3 unspecified atom stereocenters. The zero-order valence-corrected chi connectivity index (χ0v) is 6.16. The predicted octanol–water partition coefficient (Wildman–Crippen LogP) is 1.41. The largest absolute Gasteiger partial charge is 0.393 e. The molecule has 0 aromatic heterocycles. The Balaban J connectivity index is 2.01. The summed E-state index contributed by atoms with van der Waals surface area (Å²) in [4.78, 5) is 0. The minimum absolute atomic E-state index is 0.109. The molecule has 0 radical (unpaired) electrons. The summed E-state index contributed by atoms with van der Waals surface area (Å²) in [5.41, 5.74) is 0. The van der Waals surface area contributed by atoms with Gasteiger partial charge < -0.3 is 5.11 Å². The number of fused-ring (bicyclic) bond motifs is 1. The van der Waals surface area contributed by atoms with Crippen LogP contribution in [-0.4, -0.2) is 11.2 Å². The van der Waals surface area contributed by atoms with Crippen molar-refractivity contribution in [3.8, 4) is 0 Å². The van der Waals surface area contributed by atoms with Crippen LogP contribution in [0.3, 0.4) is 0 Å². The van der Waals surface area contributed by atoms with Gasteiger partial charge in [-0.05, 0) is 49.4 Å². The zero-order valence-electron chi connectivity index (χ0n) is 6.16. The molecule has 56 valence electrons. The van der Waals surface area contributed by atoms with Gasteiger partial charge in [0, 0.05) is 0 Å². The summed E-state index contributed by atoms with van der Waals surface area (Å²) in [6.07, 6.45) is 5.65. The molecular weight excluding hydrogens is 124 g/mol. The summed E-state index contributed by atoms with van der Waals surface area (Å²) < 4.78 is 0. The first kappa shape index (κ1) is 5.59. The highest BCUT2D eigenvalue weighted by Gasteiger charge is 2.55. The van der Waals surface area contributed by atoms with E-state index in [1.807, 2.05) is 0 Å². The van der Waals surface area contributed by atoms with E-state index in [0.29, 0.717) is 5.92 Å². The smallest absolute Gasteiger partial charge is 0.0602 e. The third-order valence-electron chi connectivity index (χ3n) is 4.09. The van der Waals surface area contributed by atoms with E-state index in [4.69, 9.17) is 0 Å². The first-order chi connectivity index (χ1) is 4.86. The van der Waals surface area contributed by atoms with Gasteiger partial charge in [0.15, 0.2) is 0 Å². The highest BCUT2D eigenvalue weighted by atomic mass is 16.3. The standard InChI is InChI=1S/C9H14O/c10-9-7-3-5-1-2-6(4-7)8(5)9/h5-10H,1-4H2. The van der Waals surface area contributed by atoms with Crippen LogP contribution in [0, 0.1) is 23.7 Å². The van der Waals surface area contributed by atoms with Gasteiger partial charge in [-0.1, -0.05) is 0 Å². The number of hydrogen-bond acceptors (Lipinski definition) is 1. The van der Waals surface area contributed by atoms with E-state index in [-0.39, 0.29) is 6.10 Å². The quantitative estimate of drug-likeness (QED) is 0.536. The molecule has 3 aliphatic rings. The Kier molecular flexibility index (Phi) is 0.883. The van der Waals surface area contributed by atoms with E-state index in [1.165, 1.54) is 25.7 Å². The van der Waals surface area contributed by atoms with Crippen molar-refractivity contribution in [1.29, 1.82) is 0 Å². The SMILES string of the molecule is OC1C2CC3CCC(C2)C31. The van der Waals surface area contributed by atoms with Crippen LogP contribution in [0.5, 0.6) is 0 Å². The molecule has 0 amide bonds. The maximum absolute atomic E-state index is 9.71. The molecular formula is C9H14O. The van der Waals surface area contributed by atoms with E-state index in [2.05, 4.69) is 0 Å². The van der Waals surface area contributed by atoms with Crippen LogP contribution in [0.15, 0.2) is 0 Å². The minimum atomic E-state index is 0.109. The van der Waals surface area contributed by atoms with Crippen LogP contribution in [0.1, 0.15) is 25.7 Å². The average Bonchev–Trinajstić information content (AvgIpc) is 2.44. The fourth-order valence-electron chi connectivity index (χ4n) is 3.77. The third kappa shape index (κ3) is 0.460. The molecule has 3 atom stereocenters. The van der Waals surface area contributed by atoms with Crippen LogP contribution >= 0.6 is 0 Å². The summed E-state index contributed by atoms with van der Waals surface area (Å²) >= 11 is 0. The van der Waals surface area contributed by atoms with Crippen molar-refractivity contribution in [3.05, 3.63) is 0 Å². The molecule has 0 aromatic carbocycles.